The lowest BCUT2D eigenvalue weighted by atomic mass is 10.1. The summed E-state index contributed by atoms with van der Waals surface area (Å²) in [6.45, 7) is 2.68. The van der Waals surface area contributed by atoms with E-state index in [4.69, 9.17) is 15.5 Å². The van der Waals surface area contributed by atoms with Crippen LogP contribution in [-0.2, 0) is 6.42 Å². The first-order chi connectivity index (χ1) is 10.2. The number of aryl methyl sites for hydroxylation is 1. The average molecular weight is 281 g/mol. The summed E-state index contributed by atoms with van der Waals surface area (Å²) < 4.78 is 7.36. The van der Waals surface area contributed by atoms with Crippen molar-refractivity contribution in [2.45, 2.75) is 13.3 Å². The monoisotopic (exact) mass is 281 g/mol. The van der Waals surface area contributed by atoms with Crippen molar-refractivity contribution in [1.82, 2.24) is 9.38 Å². The van der Waals surface area contributed by atoms with Gasteiger partial charge < -0.3 is 14.9 Å². The molecule has 0 atom stereocenters. The van der Waals surface area contributed by atoms with Crippen molar-refractivity contribution in [3.05, 3.63) is 53.9 Å². The fourth-order valence-corrected chi connectivity index (χ4v) is 2.61. The quantitative estimate of drug-likeness (QED) is 0.800. The Hall–Kier alpha value is -2.33. The lowest BCUT2D eigenvalue weighted by Gasteiger charge is -2.05. The Morgan fingerprint density at radius 3 is 2.62 bits per heavy atom. The Labute approximate surface area is 124 Å². The minimum Gasteiger partial charge on any atom is -0.497 e. The number of fused-ring (bicyclic) bond motifs is 1. The van der Waals surface area contributed by atoms with Crippen molar-refractivity contribution < 1.29 is 4.74 Å². The van der Waals surface area contributed by atoms with Gasteiger partial charge in [0.2, 0.25) is 0 Å². The molecular weight excluding hydrogens is 262 g/mol. The number of pyridine rings is 1. The van der Waals surface area contributed by atoms with Gasteiger partial charge in [-0.15, -0.1) is 0 Å². The number of imidazole rings is 1. The number of rotatable bonds is 4. The fourth-order valence-electron chi connectivity index (χ4n) is 2.61. The number of aromatic nitrogens is 2. The zero-order valence-electron chi connectivity index (χ0n) is 12.3. The highest BCUT2D eigenvalue weighted by Crippen LogP contribution is 2.27. The summed E-state index contributed by atoms with van der Waals surface area (Å²) >= 11 is 0. The molecule has 0 saturated heterocycles. The number of methoxy groups -OCH3 is 1. The van der Waals surface area contributed by atoms with Gasteiger partial charge >= 0.3 is 0 Å². The molecule has 0 radical (unpaired) electrons. The maximum atomic E-state index is 5.78. The predicted octanol–water partition coefficient (Wildman–Crippen LogP) is 2.82. The molecular formula is C17H19N3O. The topological polar surface area (TPSA) is 52.5 Å². The van der Waals surface area contributed by atoms with Crippen LogP contribution in [0.4, 0.5) is 0 Å². The summed E-state index contributed by atoms with van der Waals surface area (Å²) in [5.41, 5.74) is 11.2. The van der Waals surface area contributed by atoms with Gasteiger partial charge in [-0.2, -0.15) is 0 Å². The summed E-state index contributed by atoms with van der Waals surface area (Å²) in [5, 5.41) is 0. The van der Waals surface area contributed by atoms with E-state index in [0.717, 1.165) is 40.3 Å². The zero-order chi connectivity index (χ0) is 14.8. The molecule has 0 amide bonds. The smallest absolute Gasteiger partial charge is 0.140 e. The standard InChI is InChI=1S/C17H19N3O/c1-12-4-3-11-20-15(9-10-18)16(19-17(12)20)13-5-7-14(21-2)8-6-13/h3-8,11H,9-10,18H2,1-2H3. The van der Waals surface area contributed by atoms with Crippen LogP contribution in [-0.4, -0.2) is 23.0 Å². The highest BCUT2D eigenvalue weighted by Gasteiger charge is 2.14. The Morgan fingerprint density at radius 2 is 1.95 bits per heavy atom. The van der Waals surface area contributed by atoms with Gasteiger partial charge in [0.25, 0.3) is 0 Å². The van der Waals surface area contributed by atoms with Crippen LogP contribution in [0.2, 0.25) is 0 Å². The zero-order valence-corrected chi connectivity index (χ0v) is 12.3. The molecule has 2 heterocycles. The first-order valence-electron chi connectivity index (χ1n) is 7.05. The Morgan fingerprint density at radius 1 is 1.19 bits per heavy atom. The second-order valence-corrected chi connectivity index (χ2v) is 5.06. The van der Waals surface area contributed by atoms with E-state index in [0.29, 0.717) is 6.54 Å². The number of benzene rings is 1. The normalized spacial score (nSPS) is 11.0. The number of nitrogens with two attached hydrogens (primary N) is 1. The third-order valence-corrected chi connectivity index (χ3v) is 3.69. The highest BCUT2D eigenvalue weighted by molar-refractivity contribution is 5.68. The predicted molar refractivity (Wildman–Crippen MR) is 84.7 cm³/mol. The molecule has 1 aromatic carbocycles. The van der Waals surface area contributed by atoms with Crippen LogP contribution in [0.5, 0.6) is 5.75 Å². The molecule has 0 aliphatic rings. The third kappa shape index (κ3) is 2.38. The molecule has 4 nitrogen and oxygen atoms in total. The second-order valence-electron chi connectivity index (χ2n) is 5.06. The van der Waals surface area contributed by atoms with Crippen LogP contribution in [0.15, 0.2) is 42.6 Å². The molecule has 2 N–H and O–H groups in total. The molecule has 2 aromatic heterocycles. The van der Waals surface area contributed by atoms with E-state index in [2.05, 4.69) is 17.4 Å². The summed E-state index contributed by atoms with van der Waals surface area (Å²) in [7, 11) is 1.67. The van der Waals surface area contributed by atoms with Gasteiger partial charge in [-0.3, -0.25) is 0 Å². The van der Waals surface area contributed by atoms with Gasteiger partial charge in [-0.25, -0.2) is 4.98 Å². The number of hydrogen-bond donors (Lipinski definition) is 1. The SMILES string of the molecule is COc1ccc(-c2nc3c(C)cccn3c2CCN)cc1. The number of hydrogen-bond acceptors (Lipinski definition) is 3. The molecule has 21 heavy (non-hydrogen) atoms. The Bertz CT molecular complexity index is 760. The maximum absolute atomic E-state index is 5.78. The second kappa shape index (κ2) is 5.58. The summed E-state index contributed by atoms with van der Waals surface area (Å²) in [6.07, 6.45) is 2.85. The number of ether oxygens (including phenoxy) is 1. The van der Waals surface area contributed by atoms with Crippen LogP contribution < -0.4 is 10.5 Å². The summed E-state index contributed by atoms with van der Waals surface area (Å²) in [6, 6.07) is 12.1. The van der Waals surface area contributed by atoms with Gasteiger partial charge in [0.1, 0.15) is 11.4 Å². The van der Waals surface area contributed by atoms with Crippen molar-refractivity contribution in [2.75, 3.05) is 13.7 Å². The van der Waals surface area contributed by atoms with Gasteiger partial charge in [0, 0.05) is 18.2 Å². The van der Waals surface area contributed by atoms with Gasteiger partial charge in [0.15, 0.2) is 0 Å². The van der Waals surface area contributed by atoms with Crippen LogP contribution in [0.3, 0.4) is 0 Å². The third-order valence-electron chi connectivity index (χ3n) is 3.69. The van der Waals surface area contributed by atoms with E-state index in [1.54, 1.807) is 7.11 Å². The molecule has 0 fully saturated rings. The minimum absolute atomic E-state index is 0.602. The first-order valence-corrected chi connectivity index (χ1v) is 7.05. The molecule has 3 aromatic rings. The van der Waals surface area contributed by atoms with Crippen molar-refractivity contribution in [2.24, 2.45) is 5.73 Å². The lowest BCUT2D eigenvalue weighted by molar-refractivity contribution is 0.415. The van der Waals surface area contributed by atoms with Crippen LogP contribution in [0.1, 0.15) is 11.3 Å². The molecule has 108 valence electrons. The van der Waals surface area contributed by atoms with E-state index in [9.17, 15) is 0 Å². The molecule has 3 rings (SSSR count). The average Bonchev–Trinajstić information content (AvgIpc) is 2.88. The largest absolute Gasteiger partial charge is 0.497 e. The fraction of sp³-hybridized carbons (Fsp3) is 0.235. The molecule has 4 heteroatoms. The molecule has 0 spiro atoms. The van der Waals surface area contributed by atoms with Crippen LogP contribution >= 0.6 is 0 Å². The first kappa shape index (κ1) is 13.6. The van der Waals surface area contributed by atoms with Gasteiger partial charge in [0.05, 0.1) is 18.5 Å². The van der Waals surface area contributed by atoms with E-state index >= 15 is 0 Å². The van der Waals surface area contributed by atoms with E-state index in [-0.39, 0.29) is 0 Å². The summed E-state index contributed by atoms with van der Waals surface area (Å²) in [5.74, 6) is 0.846. The maximum Gasteiger partial charge on any atom is 0.140 e. The van der Waals surface area contributed by atoms with Gasteiger partial charge in [-0.05, 0) is 49.4 Å². The van der Waals surface area contributed by atoms with Crippen molar-refractivity contribution >= 4 is 5.65 Å². The molecule has 0 unspecified atom stereocenters. The lowest BCUT2D eigenvalue weighted by Crippen LogP contribution is -2.06. The van der Waals surface area contributed by atoms with E-state index in [1.165, 1.54) is 0 Å². The Kier molecular flexibility index (Phi) is 3.62. The van der Waals surface area contributed by atoms with Crippen LogP contribution in [0, 0.1) is 6.92 Å². The highest BCUT2D eigenvalue weighted by atomic mass is 16.5. The van der Waals surface area contributed by atoms with E-state index < -0.39 is 0 Å². The molecule has 0 saturated carbocycles. The molecule has 0 bridgehead atoms. The van der Waals surface area contributed by atoms with E-state index in [1.807, 2.05) is 36.5 Å². The Balaban J connectivity index is 2.20. The molecule has 0 aliphatic carbocycles. The summed E-state index contributed by atoms with van der Waals surface area (Å²) in [4.78, 5) is 4.82. The van der Waals surface area contributed by atoms with Crippen LogP contribution in [0.25, 0.3) is 16.9 Å². The molecule has 0 aliphatic heterocycles. The van der Waals surface area contributed by atoms with Crippen molar-refractivity contribution in [3.63, 3.8) is 0 Å². The van der Waals surface area contributed by atoms with Crippen molar-refractivity contribution in [1.29, 1.82) is 0 Å². The number of nitrogens with zero attached hydrogens (tertiary/aromatic N) is 2. The van der Waals surface area contributed by atoms with Crippen molar-refractivity contribution in [3.8, 4) is 17.0 Å². The van der Waals surface area contributed by atoms with Gasteiger partial charge in [-0.1, -0.05) is 6.07 Å². The minimum atomic E-state index is 0.602.